The quantitative estimate of drug-likeness (QED) is 0.819. The number of nitrogen functional groups attached to an aromatic ring is 1. The van der Waals surface area contributed by atoms with Crippen LogP contribution < -0.4 is 5.73 Å². The summed E-state index contributed by atoms with van der Waals surface area (Å²) in [6.07, 6.45) is 0. The number of hydrogen-bond donors (Lipinski definition) is 1. The highest BCUT2D eigenvalue weighted by molar-refractivity contribution is 5.62. The number of rotatable bonds is 4. The van der Waals surface area contributed by atoms with Crippen LogP contribution >= 0.6 is 0 Å². The van der Waals surface area contributed by atoms with Crippen molar-refractivity contribution in [3.8, 4) is 11.5 Å². The standard InChI is InChI=1S/C12H15N3O2/c1-3-16-7-11-14-12(17-15-11)9-5-4-8(2)10(13)6-9/h4-6H,3,7,13H2,1-2H3. The van der Waals surface area contributed by atoms with E-state index in [4.69, 9.17) is 15.0 Å². The first-order chi connectivity index (χ1) is 8.20. The molecule has 0 aliphatic carbocycles. The number of aromatic nitrogens is 2. The number of nitrogens with zero attached hydrogens (tertiary/aromatic N) is 2. The van der Waals surface area contributed by atoms with E-state index in [0.717, 1.165) is 11.1 Å². The van der Waals surface area contributed by atoms with Gasteiger partial charge in [0.05, 0.1) is 0 Å². The number of hydrogen-bond acceptors (Lipinski definition) is 5. The topological polar surface area (TPSA) is 74.2 Å². The molecule has 1 aromatic heterocycles. The van der Waals surface area contributed by atoms with Gasteiger partial charge in [0.15, 0.2) is 5.82 Å². The number of benzene rings is 1. The lowest BCUT2D eigenvalue weighted by atomic mass is 10.1. The van der Waals surface area contributed by atoms with E-state index in [1.165, 1.54) is 0 Å². The molecular formula is C12H15N3O2. The normalized spacial score (nSPS) is 10.7. The second-order valence-corrected chi connectivity index (χ2v) is 3.72. The monoisotopic (exact) mass is 233 g/mol. The van der Waals surface area contributed by atoms with Gasteiger partial charge in [-0.2, -0.15) is 4.98 Å². The molecule has 5 heteroatoms. The Hall–Kier alpha value is -1.88. The van der Waals surface area contributed by atoms with Crippen LogP contribution in [0.5, 0.6) is 0 Å². The van der Waals surface area contributed by atoms with Gasteiger partial charge in [-0.1, -0.05) is 11.2 Å². The minimum absolute atomic E-state index is 0.362. The summed E-state index contributed by atoms with van der Waals surface area (Å²) in [4.78, 5) is 4.23. The fourth-order valence-electron chi connectivity index (χ4n) is 1.40. The summed E-state index contributed by atoms with van der Waals surface area (Å²) < 4.78 is 10.3. The van der Waals surface area contributed by atoms with E-state index < -0.39 is 0 Å². The van der Waals surface area contributed by atoms with E-state index in [2.05, 4.69) is 10.1 Å². The molecule has 2 N–H and O–H groups in total. The molecule has 0 atom stereocenters. The van der Waals surface area contributed by atoms with Crippen molar-refractivity contribution in [2.75, 3.05) is 12.3 Å². The van der Waals surface area contributed by atoms with Gasteiger partial charge in [-0.25, -0.2) is 0 Å². The van der Waals surface area contributed by atoms with E-state index in [1.54, 1.807) is 0 Å². The SMILES string of the molecule is CCOCc1noc(-c2ccc(C)c(N)c2)n1. The molecule has 2 aromatic rings. The molecule has 0 fully saturated rings. The van der Waals surface area contributed by atoms with Gasteiger partial charge in [-0.15, -0.1) is 0 Å². The van der Waals surface area contributed by atoms with Crippen LogP contribution in [0.4, 0.5) is 5.69 Å². The number of nitrogens with two attached hydrogens (primary N) is 1. The molecule has 5 nitrogen and oxygen atoms in total. The summed E-state index contributed by atoms with van der Waals surface area (Å²) in [5, 5.41) is 3.83. The van der Waals surface area contributed by atoms with Gasteiger partial charge < -0.3 is 15.0 Å². The molecule has 0 unspecified atom stereocenters. The van der Waals surface area contributed by atoms with Crippen LogP contribution in [0.1, 0.15) is 18.3 Å². The minimum atomic E-state index is 0.362. The Balaban J connectivity index is 2.21. The lowest BCUT2D eigenvalue weighted by Gasteiger charge is -2.00. The van der Waals surface area contributed by atoms with Gasteiger partial charge in [0, 0.05) is 17.9 Å². The molecule has 0 saturated heterocycles. The second kappa shape index (κ2) is 4.97. The fraction of sp³-hybridized carbons (Fsp3) is 0.333. The predicted molar refractivity (Wildman–Crippen MR) is 64.2 cm³/mol. The van der Waals surface area contributed by atoms with Gasteiger partial charge in [0.2, 0.25) is 0 Å². The van der Waals surface area contributed by atoms with Crippen molar-refractivity contribution < 1.29 is 9.26 Å². The Morgan fingerprint density at radius 1 is 1.41 bits per heavy atom. The third-order valence-corrected chi connectivity index (χ3v) is 2.43. The molecule has 0 aliphatic heterocycles. The zero-order valence-corrected chi connectivity index (χ0v) is 9.93. The molecule has 0 spiro atoms. The fourth-order valence-corrected chi connectivity index (χ4v) is 1.40. The summed E-state index contributed by atoms with van der Waals surface area (Å²) in [5.41, 5.74) is 8.40. The smallest absolute Gasteiger partial charge is 0.258 e. The lowest BCUT2D eigenvalue weighted by molar-refractivity contribution is 0.126. The van der Waals surface area contributed by atoms with E-state index >= 15 is 0 Å². The molecule has 1 aromatic carbocycles. The Labute approximate surface area is 99.6 Å². The highest BCUT2D eigenvalue weighted by atomic mass is 16.5. The Bertz CT molecular complexity index is 508. The third kappa shape index (κ3) is 2.62. The van der Waals surface area contributed by atoms with Gasteiger partial charge in [-0.3, -0.25) is 0 Å². The van der Waals surface area contributed by atoms with E-state index in [1.807, 2.05) is 32.0 Å². The molecule has 2 rings (SSSR count). The van der Waals surface area contributed by atoms with Gasteiger partial charge in [0.1, 0.15) is 6.61 Å². The lowest BCUT2D eigenvalue weighted by Crippen LogP contribution is -1.94. The molecule has 0 amide bonds. The molecule has 0 radical (unpaired) electrons. The highest BCUT2D eigenvalue weighted by Gasteiger charge is 2.09. The summed E-state index contributed by atoms with van der Waals surface area (Å²) in [5.74, 6) is 1.01. The van der Waals surface area contributed by atoms with Gasteiger partial charge in [-0.05, 0) is 31.5 Å². The summed E-state index contributed by atoms with van der Waals surface area (Å²) in [7, 11) is 0. The van der Waals surface area contributed by atoms with Crippen LogP contribution in [0.15, 0.2) is 22.7 Å². The van der Waals surface area contributed by atoms with Crippen LogP contribution in [0.2, 0.25) is 0 Å². The van der Waals surface area contributed by atoms with Gasteiger partial charge in [0.25, 0.3) is 5.89 Å². The largest absolute Gasteiger partial charge is 0.398 e. The molecule has 1 heterocycles. The molecule has 17 heavy (non-hydrogen) atoms. The summed E-state index contributed by atoms with van der Waals surface area (Å²) >= 11 is 0. The Morgan fingerprint density at radius 3 is 2.94 bits per heavy atom. The Kier molecular flexibility index (Phi) is 3.39. The van der Waals surface area contributed by atoms with Crippen molar-refractivity contribution in [1.82, 2.24) is 10.1 Å². The predicted octanol–water partition coefficient (Wildman–Crippen LogP) is 2.16. The summed E-state index contributed by atoms with van der Waals surface area (Å²) in [6, 6.07) is 5.66. The first kappa shape index (κ1) is 11.6. The number of ether oxygens (including phenoxy) is 1. The van der Waals surface area contributed by atoms with Crippen LogP contribution in [-0.2, 0) is 11.3 Å². The van der Waals surface area contributed by atoms with Crippen LogP contribution in [-0.4, -0.2) is 16.7 Å². The molecular weight excluding hydrogens is 218 g/mol. The van der Waals surface area contributed by atoms with Crippen LogP contribution in [0, 0.1) is 6.92 Å². The molecule has 0 saturated carbocycles. The Morgan fingerprint density at radius 2 is 2.24 bits per heavy atom. The maximum absolute atomic E-state index is 5.83. The van der Waals surface area contributed by atoms with E-state index in [0.29, 0.717) is 30.6 Å². The van der Waals surface area contributed by atoms with Crippen molar-refractivity contribution in [3.05, 3.63) is 29.6 Å². The minimum Gasteiger partial charge on any atom is -0.398 e. The molecule has 0 bridgehead atoms. The first-order valence-corrected chi connectivity index (χ1v) is 5.47. The summed E-state index contributed by atoms with van der Waals surface area (Å²) in [6.45, 7) is 4.86. The third-order valence-electron chi connectivity index (χ3n) is 2.43. The highest BCUT2D eigenvalue weighted by Crippen LogP contribution is 2.22. The molecule has 90 valence electrons. The first-order valence-electron chi connectivity index (χ1n) is 5.47. The average Bonchev–Trinajstić information content (AvgIpc) is 2.79. The number of anilines is 1. The van der Waals surface area contributed by atoms with E-state index in [-0.39, 0.29) is 0 Å². The zero-order valence-electron chi connectivity index (χ0n) is 9.93. The second-order valence-electron chi connectivity index (χ2n) is 3.72. The van der Waals surface area contributed by atoms with E-state index in [9.17, 15) is 0 Å². The van der Waals surface area contributed by atoms with Gasteiger partial charge >= 0.3 is 0 Å². The maximum Gasteiger partial charge on any atom is 0.258 e. The van der Waals surface area contributed by atoms with Crippen molar-refractivity contribution in [1.29, 1.82) is 0 Å². The average molecular weight is 233 g/mol. The van der Waals surface area contributed by atoms with Crippen LogP contribution in [0.25, 0.3) is 11.5 Å². The number of aryl methyl sites for hydroxylation is 1. The maximum atomic E-state index is 5.83. The van der Waals surface area contributed by atoms with Crippen molar-refractivity contribution in [2.45, 2.75) is 20.5 Å². The van der Waals surface area contributed by atoms with Crippen molar-refractivity contribution in [3.63, 3.8) is 0 Å². The van der Waals surface area contributed by atoms with Crippen LogP contribution in [0.3, 0.4) is 0 Å². The zero-order chi connectivity index (χ0) is 12.3. The van der Waals surface area contributed by atoms with Crippen molar-refractivity contribution in [2.24, 2.45) is 0 Å². The van der Waals surface area contributed by atoms with Crippen molar-refractivity contribution >= 4 is 5.69 Å². The molecule has 0 aliphatic rings.